The summed E-state index contributed by atoms with van der Waals surface area (Å²) in [6, 6.07) is 5.95. The van der Waals surface area contributed by atoms with Crippen molar-refractivity contribution in [2.24, 2.45) is 0 Å². The Labute approximate surface area is 136 Å². The summed E-state index contributed by atoms with van der Waals surface area (Å²) in [6.07, 6.45) is 0. The summed E-state index contributed by atoms with van der Waals surface area (Å²) in [5.41, 5.74) is -0.724. The largest absolute Gasteiger partial charge is 0.391 e. The Morgan fingerprint density at radius 2 is 1.64 bits per heavy atom. The molecule has 1 aromatic rings. The van der Waals surface area contributed by atoms with E-state index in [1.165, 1.54) is 24.3 Å². The predicted molar refractivity (Wildman–Crippen MR) is 85.6 cm³/mol. The molecule has 8 heteroatoms. The van der Waals surface area contributed by atoms with Gasteiger partial charge in [0.25, 0.3) is 0 Å². The van der Waals surface area contributed by atoms with Gasteiger partial charge in [-0.1, -0.05) is 11.6 Å². The maximum atomic E-state index is 12.4. The Bertz CT molecular complexity index is 555. The third-order valence-electron chi connectivity index (χ3n) is 3.16. The molecule has 6 nitrogen and oxygen atoms in total. The van der Waals surface area contributed by atoms with Crippen LogP contribution in [0.2, 0.25) is 5.02 Å². The summed E-state index contributed by atoms with van der Waals surface area (Å²) in [6.45, 7) is 4.86. The maximum absolute atomic E-state index is 12.4. The summed E-state index contributed by atoms with van der Waals surface area (Å²) in [5.74, 6) is 0. The number of rotatable bonds is 9. The molecule has 0 saturated heterocycles. The van der Waals surface area contributed by atoms with Crippen molar-refractivity contribution in [3.8, 4) is 0 Å². The average molecular weight is 352 g/mol. The Balaban J connectivity index is 2.82. The molecule has 0 bridgehead atoms. The Hall–Kier alpha value is -0.700. The molecular weight excluding hydrogens is 328 g/mol. The van der Waals surface area contributed by atoms with Gasteiger partial charge in [-0.05, 0) is 38.1 Å². The van der Waals surface area contributed by atoms with Crippen LogP contribution in [0, 0.1) is 0 Å². The van der Waals surface area contributed by atoms with Crippen LogP contribution in [0.3, 0.4) is 0 Å². The zero-order valence-electron chi connectivity index (χ0n) is 12.8. The van der Waals surface area contributed by atoms with E-state index in [-0.39, 0.29) is 18.1 Å². The molecule has 4 N–H and O–H groups in total. The minimum Gasteiger partial charge on any atom is -0.391 e. The first-order valence-corrected chi connectivity index (χ1v) is 8.91. The van der Waals surface area contributed by atoms with Gasteiger partial charge in [0.05, 0.1) is 30.2 Å². The second-order valence-electron chi connectivity index (χ2n) is 5.82. The molecule has 0 spiro atoms. The minimum atomic E-state index is -3.66. The van der Waals surface area contributed by atoms with E-state index in [0.717, 1.165) is 4.90 Å². The van der Waals surface area contributed by atoms with Gasteiger partial charge < -0.3 is 15.1 Å². The highest BCUT2D eigenvalue weighted by molar-refractivity contribution is 7.89. The number of hydrogen-bond donors (Lipinski definition) is 4. The summed E-state index contributed by atoms with van der Waals surface area (Å²) in [4.78, 5) is 1.07. The van der Waals surface area contributed by atoms with Crippen LogP contribution in [-0.2, 0) is 10.0 Å². The lowest BCUT2D eigenvalue weighted by Gasteiger charge is -2.30. The van der Waals surface area contributed by atoms with Crippen LogP contribution in [0.4, 0.5) is 0 Å². The van der Waals surface area contributed by atoms with E-state index < -0.39 is 15.6 Å². The van der Waals surface area contributed by atoms with Gasteiger partial charge in [0.15, 0.2) is 0 Å². The van der Waals surface area contributed by atoms with E-state index in [1.54, 1.807) is 13.8 Å². The third-order valence-corrected chi connectivity index (χ3v) is 5.12. The van der Waals surface area contributed by atoms with Crippen molar-refractivity contribution in [3.05, 3.63) is 29.3 Å². The lowest BCUT2D eigenvalue weighted by molar-refractivity contribution is -0.904. The molecule has 126 valence electrons. The average Bonchev–Trinajstić information content (AvgIpc) is 2.37. The van der Waals surface area contributed by atoms with Crippen LogP contribution >= 0.6 is 11.6 Å². The standard InChI is InChI=1S/C14H23ClN2O4S/c1-14(2,11-17(7-9-18)8-10-19)16-22(20,21)13-5-3-12(15)4-6-13/h3-6,16,18-19H,7-11H2,1-2H3/p+1. The van der Waals surface area contributed by atoms with Gasteiger partial charge in [0, 0.05) is 5.02 Å². The van der Waals surface area contributed by atoms with Crippen molar-refractivity contribution in [1.82, 2.24) is 4.72 Å². The first-order valence-electron chi connectivity index (χ1n) is 7.05. The highest BCUT2D eigenvalue weighted by atomic mass is 35.5. The molecule has 0 fully saturated rings. The first-order chi connectivity index (χ1) is 10.2. The molecule has 0 saturated carbocycles. The van der Waals surface area contributed by atoms with E-state index in [4.69, 9.17) is 21.8 Å². The number of aliphatic hydroxyl groups excluding tert-OH is 2. The number of quaternary nitrogens is 1. The van der Waals surface area contributed by atoms with Crippen LogP contribution in [-0.4, -0.2) is 57.0 Å². The van der Waals surface area contributed by atoms with Gasteiger partial charge in [-0.25, -0.2) is 8.42 Å². The molecule has 0 aromatic heterocycles. The molecule has 0 aliphatic heterocycles. The van der Waals surface area contributed by atoms with E-state index >= 15 is 0 Å². The number of sulfonamides is 1. The fourth-order valence-corrected chi connectivity index (χ4v) is 3.85. The van der Waals surface area contributed by atoms with Crippen molar-refractivity contribution < 1.29 is 23.5 Å². The third kappa shape index (κ3) is 6.20. The molecule has 1 aromatic carbocycles. The van der Waals surface area contributed by atoms with Crippen molar-refractivity contribution >= 4 is 21.6 Å². The Morgan fingerprint density at radius 1 is 1.14 bits per heavy atom. The maximum Gasteiger partial charge on any atom is 0.241 e. The highest BCUT2D eigenvalue weighted by Crippen LogP contribution is 2.15. The van der Waals surface area contributed by atoms with E-state index in [1.807, 2.05) is 0 Å². The predicted octanol–water partition coefficient (Wildman–Crippen LogP) is -0.734. The first kappa shape index (κ1) is 19.3. The van der Waals surface area contributed by atoms with E-state index in [0.29, 0.717) is 24.7 Å². The molecule has 0 heterocycles. The summed E-state index contributed by atoms with van der Waals surface area (Å²) >= 11 is 5.77. The Kier molecular flexibility index (Phi) is 7.24. The van der Waals surface area contributed by atoms with Crippen LogP contribution in [0.5, 0.6) is 0 Å². The van der Waals surface area contributed by atoms with Crippen molar-refractivity contribution in [3.63, 3.8) is 0 Å². The SMILES string of the molecule is CC(C)(C[NH+](CCO)CCO)NS(=O)(=O)c1ccc(Cl)cc1. The summed E-state index contributed by atoms with van der Waals surface area (Å²) < 4.78 is 27.4. The Morgan fingerprint density at radius 3 is 2.09 bits per heavy atom. The van der Waals surface area contributed by atoms with Gasteiger partial charge in [0.1, 0.15) is 13.1 Å². The molecule has 0 radical (unpaired) electrons. The monoisotopic (exact) mass is 351 g/mol. The second-order valence-corrected chi connectivity index (χ2v) is 7.94. The topological polar surface area (TPSA) is 91.1 Å². The van der Waals surface area contributed by atoms with Crippen molar-refractivity contribution in [2.45, 2.75) is 24.3 Å². The van der Waals surface area contributed by atoms with Gasteiger partial charge in [-0.3, -0.25) is 0 Å². The minimum absolute atomic E-state index is 0.0185. The van der Waals surface area contributed by atoms with Crippen molar-refractivity contribution in [1.29, 1.82) is 0 Å². The van der Waals surface area contributed by atoms with Crippen molar-refractivity contribution in [2.75, 3.05) is 32.8 Å². The van der Waals surface area contributed by atoms with E-state index in [2.05, 4.69) is 4.72 Å². The molecule has 0 aliphatic rings. The quantitative estimate of drug-likeness (QED) is 0.472. The number of benzene rings is 1. The number of aliphatic hydroxyl groups is 2. The molecule has 0 amide bonds. The number of nitrogens with one attached hydrogen (secondary N) is 2. The van der Waals surface area contributed by atoms with Crippen LogP contribution in [0.1, 0.15) is 13.8 Å². The zero-order chi connectivity index (χ0) is 16.8. The van der Waals surface area contributed by atoms with Gasteiger partial charge in [0.2, 0.25) is 10.0 Å². The lowest BCUT2D eigenvalue weighted by atomic mass is 10.1. The fourth-order valence-electron chi connectivity index (χ4n) is 2.32. The van der Waals surface area contributed by atoms with Gasteiger partial charge in [-0.15, -0.1) is 0 Å². The second kappa shape index (κ2) is 8.24. The molecule has 22 heavy (non-hydrogen) atoms. The summed E-state index contributed by atoms with van der Waals surface area (Å²) in [7, 11) is -3.66. The summed E-state index contributed by atoms with van der Waals surface area (Å²) in [5, 5.41) is 18.6. The number of hydrogen-bond acceptors (Lipinski definition) is 4. The fraction of sp³-hybridized carbons (Fsp3) is 0.571. The normalized spacial score (nSPS) is 12.8. The number of halogens is 1. The highest BCUT2D eigenvalue weighted by Gasteiger charge is 2.30. The molecule has 0 unspecified atom stereocenters. The van der Waals surface area contributed by atoms with Crippen LogP contribution in [0.25, 0.3) is 0 Å². The lowest BCUT2D eigenvalue weighted by Crippen LogP contribution is -3.15. The van der Waals surface area contributed by atoms with Crippen LogP contribution in [0.15, 0.2) is 29.2 Å². The molecule has 0 aliphatic carbocycles. The molecular formula is C14H24ClN2O4S+. The smallest absolute Gasteiger partial charge is 0.241 e. The van der Waals surface area contributed by atoms with Crippen LogP contribution < -0.4 is 9.62 Å². The van der Waals surface area contributed by atoms with Gasteiger partial charge in [-0.2, -0.15) is 4.72 Å². The van der Waals surface area contributed by atoms with Gasteiger partial charge >= 0.3 is 0 Å². The van der Waals surface area contributed by atoms with E-state index in [9.17, 15) is 8.42 Å². The zero-order valence-corrected chi connectivity index (χ0v) is 14.4. The molecule has 0 atom stereocenters. The molecule has 1 rings (SSSR count).